The molecule has 1 aliphatic rings. The normalized spacial score (nSPS) is 15.6. The summed E-state index contributed by atoms with van der Waals surface area (Å²) in [5, 5.41) is 3.82. The lowest BCUT2D eigenvalue weighted by molar-refractivity contribution is -0.140. The highest BCUT2D eigenvalue weighted by atomic mass is 32.1. The van der Waals surface area contributed by atoms with Gasteiger partial charge in [-0.15, -0.1) is 0 Å². The molecule has 1 N–H and O–H groups in total. The molecule has 0 aliphatic carbocycles. The number of carbonyl (C=O) groups is 2. The van der Waals surface area contributed by atoms with Gasteiger partial charge in [-0.2, -0.15) is 0 Å². The number of fused-ring (bicyclic) bond motifs is 3. The Morgan fingerprint density at radius 1 is 1.28 bits per heavy atom. The third kappa shape index (κ3) is 2.91. The maximum atomic E-state index is 12.6. The quantitative estimate of drug-likeness (QED) is 0.638. The first-order chi connectivity index (χ1) is 12.0. The third-order valence-electron chi connectivity index (χ3n) is 4.08. The molecule has 1 aliphatic heterocycles. The maximum absolute atomic E-state index is 12.6. The molecule has 132 valence electrons. The van der Waals surface area contributed by atoms with Gasteiger partial charge in [0.15, 0.2) is 11.5 Å². The van der Waals surface area contributed by atoms with Crippen molar-refractivity contribution < 1.29 is 23.8 Å². The van der Waals surface area contributed by atoms with E-state index in [9.17, 15) is 9.59 Å². The zero-order valence-corrected chi connectivity index (χ0v) is 14.8. The molecule has 0 radical (unpaired) electrons. The zero-order chi connectivity index (χ0) is 18.1. The molecule has 0 bridgehead atoms. The molecule has 25 heavy (non-hydrogen) atoms. The number of rotatable bonds is 5. The topological polar surface area (TPSA) is 91.7 Å². The molecule has 0 amide bonds. The van der Waals surface area contributed by atoms with Gasteiger partial charge < -0.3 is 19.5 Å². The number of carbonyl (C=O) groups excluding carboxylic acids is 2. The van der Waals surface area contributed by atoms with Crippen LogP contribution in [0.3, 0.4) is 0 Å². The van der Waals surface area contributed by atoms with Crippen LogP contribution in [0.15, 0.2) is 12.1 Å². The van der Waals surface area contributed by atoms with Gasteiger partial charge in [0.25, 0.3) is 5.91 Å². The van der Waals surface area contributed by atoms with Gasteiger partial charge in [-0.05, 0) is 24.7 Å². The first kappa shape index (κ1) is 17.2. The van der Waals surface area contributed by atoms with Crippen LogP contribution in [0.2, 0.25) is 0 Å². The highest BCUT2D eigenvalue weighted by Crippen LogP contribution is 2.36. The van der Waals surface area contributed by atoms with Gasteiger partial charge in [0, 0.05) is 17.9 Å². The van der Waals surface area contributed by atoms with E-state index >= 15 is 0 Å². The molecule has 1 aromatic carbocycles. The second-order valence-corrected chi connectivity index (χ2v) is 5.82. The molecule has 1 aromatic heterocycles. The van der Waals surface area contributed by atoms with Crippen LogP contribution >= 0.6 is 12.2 Å². The summed E-state index contributed by atoms with van der Waals surface area (Å²) >= 11 is 5.26. The van der Waals surface area contributed by atoms with Crippen molar-refractivity contribution in [2.24, 2.45) is 0 Å². The molecule has 3 rings (SSSR count). The summed E-state index contributed by atoms with van der Waals surface area (Å²) < 4.78 is 16.7. The molecular formula is C16H17N3O5S. The number of anilines is 1. The molecule has 0 fully saturated rings. The van der Waals surface area contributed by atoms with E-state index in [2.05, 4.69) is 15.0 Å². The fraction of sp³-hybridized carbons (Fsp3) is 0.375. The van der Waals surface area contributed by atoms with Crippen LogP contribution in [0.5, 0.6) is 11.5 Å². The SMILES string of the molecule is COC(=O)CCC1Nc2c3cc(OC)c(OC)cc3nc(=S)n2C1=O. The van der Waals surface area contributed by atoms with Crippen molar-refractivity contribution in [1.29, 1.82) is 0 Å². The Morgan fingerprint density at radius 3 is 2.60 bits per heavy atom. The fourth-order valence-corrected chi connectivity index (χ4v) is 3.09. The number of hydrogen-bond acceptors (Lipinski definition) is 8. The minimum atomic E-state index is -0.568. The summed E-state index contributed by atoms with van der Waals surface area (Å²) in [6.45, 7) is 0. The molecule has 2 aromatic rings. The second kappa shape index (κ2) is 6.67. The predicted octanol–water partition coefficient (Wildman–Crippen LogP) is 2.17. The van der Waals surface area contributed by atoms with Crippen molar-refractivity contribution in [3.05, 3.63) is 16.9 Å². The standard InChI is InChI=1S/C16H17N3O5S/c1-22-11-6-8-10(7-12(11)23-2)18-16(25)19-14(8)17-9(15(19)21)4-5-13(20)24-3/h6-7,9,17H,4-5H2,1-3H3. The number of esters is 1. The number of benzene rings is 1. The highest BCUT2D eigenvalue weighted by molar-refractivity contribution is 7.71. The van der Waals surface area contributed by atoms with Gasteiger partial charge in [0.2, 0.25) is 4.77 Å². The Kier molecular flexibility index (Phi) is 4.58. The van der Waals surface area contributed by atoms with E-state index in [1.165, 1.54) is 25.9 Å². The van der Waals surface area contributed by atoms with Gasteiger partial charge in [0.1, 0.15) is 11.9 Å². The van der Waals surface area contributed by atoms with Crippen molar-refractivity contribution >= 4 is 40.8 Å². The largest absolute Gasteiger partial charge is 0.493 e. The first-order valence-corrected chi connectivity index (χ1v) is 7.97. The summed E-state index contributed by atoms with van der Waals surface area (Å²) in [4.78, 5) is 28.3. The van der Waals surface area contributed by atoms with Gasteiger partial charge in [-0.25, -0.2) is 9.55 Å². The molecule has 2 heterocycles. The monoisotopic (exact) mass is 363 g/mol. The molecule has 0 saturated heterocycles. The smallest absolute Gasteiger partial charge is 0.305 e. The van der Waals surface area contributed by atoms with E-state index in [1.807, 2.05) is 0 Å². The third-order valence-corrected chi connectivity index (χ3v) is 4.36. The Hall–Kier alpha value is -2.68. The number of nitrogens with zero attached hydrogens (tertiary/aromatic N) is 2. The van der Waals surface area contributed by atoms with Crippen LogP contribution in [0.1, 0.15) is 17.6 Å². The Balaban J connectivity index is 2.07. The number of methoxy groups -OCH3 is 3. The van der Waals surface area contributed by atoms with Gasteiger partial charge in [0.05, 0.1) is 26.8 Å². The second-order valence-electron chi connectivity index (χ2n) is 5.45. The fourth-order valence-electron chi connectivity index (χ4n) is 2.81. The Bertz CT molecular complexity index is 924. The summed E-state index contributed by atoms with van der Waals surface area (Å²) in [7, 11) is 4.38. The lowest BCUT2D eigenvalue weighted by atomic mass is 10.1. The van der Waals surface area contributed by atoms with E-state index in [4.69, 9.17) is 21.7 Å². The molecule has 0 spiro atoms. The van der Waals surface area contributed by atoms with Crippen LogP contribution in [0.4, 0.5) is 5.82 Å². The first-order valence-electron chi connectivity index (χ1n) is 7.56. The zero-order valence-electron chi connectivity index (χ0n) is 14.0. The molecule has 1 unspecified atom stereocenters. The minimum Gasteiger partial charge on any atom is -0.493 e. The van der Waals surface area contributed by atoms with Gasteiger partial charge in [-0.1, -0.05) is 0 Å². The minimum absolute atomic E-state index is 0.129. The van der Waals surface area contributed by atoms with E-state index in [-0.39, 0.29) is 23.1 Å². The molecular weight excluding hydrogens is 346 g/mol. The highest BCUT2D eigenvalue weighted by Gasteiger charge is 2.32. The molecule has 1 atom stereocenters. The summed E-state index contributed by atoms with van der Waals surface area (Å²) in [6.07, 6.45) is 0.431. The Morgan fingerprint density at radius 2 is 1.96 bits per heavy atom. The number of ether oxygens (including phenoxy) is 3. The van der Waals surface area contributed by atoms with Crippen LogP contribution in [-0.2, 0) is 9.53 Å². The van der Waals surface area contributed by atoms with Gasteiger partial charge in [-0.3, -0.25) is 9.59 Å². The number of hydrogen-bond donors (Lipinski definition) is 1. The number of aromatic nitrogens is 2. The van der Waals surface area contributed by atoms with Crippen molar-refractivity contribution in [1.82, 2.24) is 9.55 Å². The van der Waals surface area contributed by atoms with Crippen molar-refractivity contribution in [3.63, 3.8) is 0 Å². The van der Waals surface area contributed by atoms with Crippen molar-refractivity contribution in [3.8, 4) is 11.5 Å². The predicted molar refractivity (Wildman–Crippen MR) is 93.0 cm³/mol. The van der Waals surface area contributed by atoms with Crippen LogP contribution in [0.25, 0.3) is 10.9 Å². The average Bonchev–Trinajstić information content (AvgIpc) is 2.96. The number of nitrogens with one attached hydrogen (secondary N) is 1. The van der Waals surface area contributed by atoms with Gasteiger partial charge >= 0.3 is 5.97 Å². The summed E-state index contributed by atoms with van der Waals surface area (Å²) in [5.74, 6) is 0.963. The van der Waals surface area contributed by atoms with Crippen molar-refractivity contribution in [2.75, 3.05) is 26.6 Å². The molecule has 0 saturated carbocycles. The average molecular weight is 363 g/mol. The molecule has 9 heteroatoms. The van der Waals surface area contributed by atoms with E-state index in [0.29, 0.717) is 34.6 Å². The van der Waals surface area contributed by atoms with Crippen molar-refractivity contribution in [2.45, 2.75) is 18.9 Å². The Labute approximate surface area is 148 Å². The van der Waals surface area contributed by atoms with Crippen LogP contribution < -0.4 is 14.8 Å². The summed E-state index contributed by atoms with van der Waals surface area (Å²) in [6, 6.07) is 2.88. The van der Waals surface area contributed by atoms with E-state index in [0.717, 1.165) is 0 Å². The molecule has 8 nitrogen and oxygen atoms in total. The van der Waals surface area contributed by atoms with E-state index < -0.39 is 6.04 Å². The lowest BCUT2D eigenvalue weighted by Gasteiger charge is -2.11. The van der Waals surface area contributed by atoms with E-state index in [1.54, 1.807) is 12.1 Å². The van der Waals surface area contributed by atoms with Crippen LogP contribution in [-0.4, -0.2) is 48.8 Å². The lowest BCUT2D eigenvalue weighted by Crippen LogP contribution is -2.25. The maximum Gasteiger partial charge on any atom is 0.305 e. The van der Waals surface area contributed by atoms with Crippen LogP contribution in [0, 0.1) is 4.77 Å². The summed E-state index contributed by atoms with van der Waals surface area (Å²) in [5.41, 5.74) is 0.586.